The summed E-state index contributed by atoms with van der Waals surface area (Å²) in [6.45, 7) is 9.78. The molecule has 0 spiro atoms. The normalized spacial score (nSPS) is 11.8. The number of nitrogens with zero attached hydrogens (tertiary/aromatic N) is 2. The molecule has 0 aliphatic rings. The molecule has 0 aliphatic carbocycles. The first-order chi connectivity index (χ1) is 6.92. The van der Waals surface area contributed by atoms with Gasteiger partial charge in [0.25, 0.3) is 0 Å². The fourth-order valence-corrected chi connectivity index (χ4v) is 0.992. The van der Waals surface area contributed by atoms with Gasteiger partial charge in [-0.05, 0) is 11.3 Å². The molecule has 0 bridgehead atoms. The van der Waals surface area contributed by atoms with Gasteiger partial charge in [0.1, 0.15) is 18.0 Å². The number of hydrogen-bond donors (Lipinski definition) is 2. The first kappa shape index (κ1) is 11.8. The molecule has 1 rings (SSSR count). The summed E-state index contributed by atoms with van der Waals surface area (Å²) in [5.41, 5.74) is 5.80. The minimum atomic E-state index is 0.236. The molecule has 0 aromatic carbocycles. The predicted octanol–water partition coefficient (Wildman–Crippen LogP) is 2.15. The third-order valence-corrected chi connectivity index (χ3v) is 2.98. The highest BCUT2D eigenvalue weighted by Gasteiger charge is 2.21. The number of nitrogen functional groups attached to an aromatic ring is 1. The Hall–Kier alpha value is -1.32. The molecule has 0 fully saturated rings. The van der Waals surface area contributed by atoms with Crippen LogP contribution < -0.4 is 11.1 Å². The van der Waals surface area contributed by atoms with Gasteiger partial charge in [-0.1, -0.05) is 27.7 Å². The SMILES string of the molecule is CC(C)C(C)(C)CNc1cc(N)ncn1. The van der Waals surface area contributed by atoms with Crippen LogP contribution in [0.1, 0.15) is 27.7 Å². The monoisotopic (exact) mass is 208 g/mol. The van der Waals surface area contributed by atoms with Crippen molar-refractivity contribution < 1.29 is 0 Å². The van der Waals surface area contributed by atoms with Gasteiger partial charge in [-0.2, -0.15) is 0 Å². The molecular formula is C11H20N4. The van der Waals surface area contributed by atoms with Gasteiger partial charge < -0.3 is 11.1 Å². The van der Waals surface area contributed by atoms with E-state index in [-0.39, 0.29) is 5.41 Å². The van der Waals surface area contributed by atoms with Crippen LogP contribution in [0.25, 0.3) is 0 Å². The summed E-state index contributed by atoms with van der Waals surface area (Å²) in [5, 5.41) is 3.28. The number of nitrogens with one attached hydrogen (secondary N) is 1. The molecule has 84 valence electrons. The second-order valence-corrected chi connectivity index (χ2v) is 4.82. The Morgan fingerprint density at radius 1 is 1.40 bits per heavy atom. The van der Waals surface area contributed by atoms with Crippen molar-refractivity contribution in [2.24, 2.45) is 11.3 Å². The minimum Gasteiger partial charge on any atom is -0.384 e. The summed E-state index contributed by atoms with van der Waals surface area (Å²) in [7, 11) is 0. The Balaban J connectivity index is 2.57. The highest BCUT2D eigenvalue weighted by Crippen LogP contribution is 2.26. The van der Waals surface area contributed by atoms with Gasteiger partial charge in [0.05, 0.1) is 0 Å². The highest BCUT2D eigenvalue weighted by atomic mass is 15.0. The molecule has 4 heteroatoms. The van der Waals surface area contributed by atoms with E-state index in [1.54, 1.807) is 6.07 Å². The van der Waals surface area contributed by atoms with Crippen LogP contribution in [-0.4, -0.2) is 16.5 Å². The lowest BCUT2D eigenvalue weighted by molar-refractivity contribution is 0.269. The maximum atomic E-state index is 5.57. The Bertz CT molecular complexity index is 320. The van der Waals surface area contributed by atoms with Gasteiger partial charge >= 0.3 is 0 Å². The molecule has 1 heterocycles. The summed E-state index contributed by atoms with van der Waals surface area (Å²) in [6.07, 6.45) is 1.47. The minimum absolute atomic E-state index is 0.236. The zero-order valence-electron chi connectivity index (χ0n) is 9.91. The van der Waals surface area contributed by atoms with Crippen molar-refractivity contribution >= 4 is 11.6 Å². The Morgan fingerprint density at radius 2 is 2.07 bits per heavy atom. The van der Waals surface area contributed by atoms with Crippen LogP contribution in [0.4, 0.5) is 11.6 Å². The number of rotatable bonds is 4. The van der Waals surface area contributed by atoms with Crippen LogP contribution in [0.15, 0.2) is 12.4 Å². The van der Waals surface area contributed by atoms with Gasteiger partial charge in [-0.25, -0.2) is 9.97 Å². The fourth-order valence-electron chi connectivity index (χ4n) is 0.992. The summed E-state index contributed by atoms with van der Waals surface area (Å²) in [4.78, 5) is 7.95. The van der Waals surface area contributed by atoms with Crippen LogP contribution in [-0.2, 0) is 0 Å². The third kappa shape index (κ3) is 3.38. The lowest BCUT2D eigenvalue weighted by Crippen LogP contribution is -2.28. The lowest BCUT2D eigenvalue weighted by Gasteiger charge is -2.29. The summed E-state index contributed by atoms with van der Waals surface area (Å²) in [5.74, 6) is 1.90. The number of nitrogens with two attached hydrogens (primary N) is 1. The molecule has 3 N–H and O–H groups in total. The van der Waals surface area contributed by atoms with Gasteiger partial charge in [-0.15, -0.1) is 0 Å². The molecule has 0 amide bonds. The zero-order chi connectivity index (χ0) is 11.5. The Kier molecular flexibility index (Phi) is 3.50. The molecule has 0 aliphatic heterocycles. The average Bonchev–Trinajstić information content (AvgIpc) is 2.15. The lowest BCUT2D eigenvalue weighted by atomic mass is 9.81. The molecular weight excluding hydrogens is 188 g/mol. The molecule has 1 aromatic rings. The van der Waals surface area contributed by atoms with Crippen molar-refractivity contribution in [3.8, 4) is 0 Å². The number of aromatic nitrogens is 2. The van der Waals surface area contributed by atoms with Crippen molar-refractivity contribution in [2.75, 3.05) is 17.6 Å². The molecule has 0 radical (unpaired) electrons. The van der Waals surface area contributed by atoms with Gasteiger partial charge in [0, 0.05) is 12.6 Å². The van der Waals surface area contributed by atoms with Crippen molar-refractivity contribution in [1.82, 2.24) is 9.97 Å². The van der Waals surface area contributed by atoms with Crippen LogP contribution >= 0.6 is 0 Å². The van der Waals surface area contributed by atoms with Gasteiger partial charge in [0.2, 0.25) is 0 Å². The van der Waals surface area contributed by atoms with Crippen molar-refractivity contribution in [3.05, 3.63) is 12.4 Å². The summed E-state index contributed by atoms with van der Waals surface area (Å²) in [6, 6.07) is 1.75. The van der Waals surface area contributed by atoms with E-state index in [1.165, 1.54) is 6.33 Å². The first-order valence-corrected chi connectivity index (χ1v) is 5.23. The maximum absolute atomic E-state index is 5.57. The molecule has 0 saturated carbocycles. The van der Waals surface area contributed by atoms with E-state index < -0.39 is 0 Å². The molecule has 0 saturated heterocycles. The third-order valence-electron chi connectivity index (χ3n) is 2.98. The van der Waals surface area contributed by atoms with Crippen LogP contribution in [0.5, 0.6) is 0 Å². The standard InChI is InChI=1S/C11H20N4/c1-8(2)11(3,4)6-13-10-5-9(12)14-7-15-10/h5,7-8H,6H2,1-4H3,(H3,12,13,14,15). The van der Waals surface area contributed by atoms with E-state index in [2.05, 4.69) is 43.0 Å². The largest absolute Gasteiger partial charge is 0.384 e. The summed E-state index contributed by atoms with van der Waals surface area (Å²) < 4.78 is 0. The van der Waals surface area contributed by atoms with E-state index >= 15 is 0 Å². The smallest absolute Gasteiger partial charge is 0.131 e. The quantitative estimate of drug-likeness (QED) is 0.795. The molecule has 4 nitrogen and oxygen atoms in total. The first-order valence-electron chi connectivity index (χ1n) is 5.23. The fraction of sp³-hybridized carbons (Fsp3) is 0.636. The average molecular weight is 208 g/mol. The second-order valence-electron chi connectivity index (χ2n) is 4.82. The zero-order valence-corrected chi connectivity index (χ0v) is 9.91. The van der Waals surface area contributed by atoms with E-state index in [9.17, 15) is 0 Å². The highest BCUT2D eigenvalue weighted by molar-refractivity contribution is 5.43. The van der Waals surface area contributed by atoms with E-state index in [4.69, 9.17) is 5.73 Å². The number of anilines is 2. The molecule has 1 aromatic heterocycles. The maximum Gasteiger partial charge on any atom is 0.131 e. The van der Waals surface area contributed by atoms with E-state index in [0.717, 1.165) is 12.4 Å². The van der Waals surface area contributed by atoms with Crippen LogP contribution in [0.3, 0.4) is 0 Å². The second kappa shape index (κ2) is 4.47. The van der Waals surface area contributed by atoms with Gasteiger partial charge in [-0.3, -0.25) is 0 Å². The van der Waals surface area contributed by atoms with Crippen molar-refractivity contribution in [3.63, 3.8) is 0 Å². The van der Waals surface area contributed by atoms with E-state index in [1.807, 2.05) is 0 Å². The Morgan fingerprint density at radius 3 is 2.60 bits per heavy atom. The van der Waals surface area contributed by atoms with Crippen LogP contribution in [0.2, 0.25) is 0 Å². The molecule has 15 heavy (non-hydrogen) atoms. The van der Waals surface area contributed by atoms with Gasteiger partial charge in [0.15, 0.2) is 0 Å². The molecule has 0 atom stereocenters. The Labute approximate surface area is 91.3 Å². The van der Waals surface area contributed by atoms with Crippen molar-refractivity contribution in [2.45, 2.75) is 27.7 Å². The van der Waals surface area contributed by atoms with Crippen molar-refractivity contribution in [1.29, 1.82) is 0 Å². The topological polar surface area (TPSA) is 63.8 Å². The number of hydrogen-bond acceptors (Lipinski definition) is 4. The van der Waals surface area contributed by atoms with Crippen LogP contribution in [0, 0.1) is 11.3 Å². The molecule has 0 unspecified atom stereocenters. The predicted molar refractivity (Wildman–Crippen MR) is 63.6 cm³/mol. The van der Waals surface area contributed by atoms with E-state index in [0.29, 0.717) is 11.7 Å². The summed E-state index contributed by atoms with van der Waals surface area (Å²) >= 11 is 0.